The second kappa shape index (κ2) is 6.74. The zero-order chi connectivity index (χ0) is 13.6. The third-order valence-electron chi connectivity index (χ3n) is 3.21. The minimum absolute atomic E-state index is 0.203. The lowest BCUT2D eigenvalue weighted by Gasteiger charge is -2.21. The molecule has 0 fully saturated rings. The number of hydrogen-bond acceptors (Lipinski definition) is 2. The van der Waals surface area contributed by atoms with Crippen molar-refractivity contribution in [3.05, 3.63) is 29.6 Å². The van der Waals surface area contributed by atoms with Crippen molar-refractivity contribution in [2.45, 2.75) is 40.0 Å². The minimum Gasteiger partial charge on any atom is -0.493 e. The van der Waals surface area contributed by atoms with E-state index in [-0.39, 0.29) is 11.2 Å². The summed E-state index contributed by atoms with van der Waals surface area (Å²) in [6.07, 6.45) is 3.15. The van der Waals surface area contributed by atoms with E-state index in [1.165, 1.54) is 12.1 Å². The van der Waals surface area contributed by atoms with E-state index in [9.17, 15) is 4.39 Å². The van der Waals surface area contributed by atoms with E-state index >= 15 is 0 Å². The number of benzene rings is 1. The van der Waals surface area contributed by atoms with Crippen LogP contribution in [0.2, 0.25) is 0 Å². The van der Waals surface area contributed by atoms with Crippen molar-refractivity contribution in [2.75, 3.05) is 13.2 Å². The van der Waals surface area contributed by atoms with Gasteiger partial charge in [-0.2, -0.15) is 0 Å². The maximum atomic E-state index is 13.0. The molecule has 0 unspecified atom stereocenters. The number of ether oxygens (including phenoxy) is 1. The average Bonchev–Trinajstić information content (AvgIpc) is 2.33. The number of nitrogens with two attached hydrogens (primary N) is 1. The molecule has 0 atom stereocenters. The Labute approximate surface area is 109 Å². The Kier molecular flexibility index (Phi) is 5.60. The van der Waals surface area contributed by atoms with Crippen LogP contribution in [0.15, 0.2) is 18.2 Å². The summed E-state index contributed by atoms with van der Waals surface area (Å²) >= 11 is 0. The average molecular weight is 253 g/mol. The van der Waals surface area contributed by atoms with Crippen LogP contribution in [0.5, 0.6) is 5.75 Å². The van der Waals surface area contributed by atoms with E-state index in [1.54, 1.807) is 6.07 Å². The first-order valence-corrected chi connectivity index (χ1v) is 6.54. The summed E-state index contributed by atoms with van der Waals surface area (Å²) in [5.41, 5.74) is 6.85. The summed E-state index contributed by atoms with van der Waals surface area (Å²) in [4.78, 5) is 0. The Balaban J connectivity index is 2.28. The van der Waals surface area contributed by atoms with Crippen LogP contribution < -0.4 is 10.5 Å². The largest absolute Gasteiger partial charge is 0.493 e. The van der Waals surface area contributed by atoms with Crippen molar-refractivity contribution in [1.29, 1.82) is 0 Å². The van der Waals surface area contributed by atoms with E-state index < -0.39 is 0 Å². The van der Waals surface area contributed by atoms with Gasteiger partial charge in [-0.3, -0.25) is 0 Å². The van der Waals surface area contributed by atoms with Gasteiger partial charge in [0.25, 0.3) is 0 Å². The number of unbranched alkanes of at least 4 members (excludes halogenated alkanes) is 1. The first kappa shape index (κ1) is 15.0. The molecule has 0 aromatic heterocycles. The molecule has 0 aliphatic carbocycles. The van der Waals surface area contributed by atoms with Gasteiger partial charge in [-0.15, -0.1) is 0 Å². The number of aryl methyl sites for hydroxylation is 1. The molecule has 0 spiro atoms. The Morgan fingerprint density at radius 2 is 2.00 bits per heavy atom. The molecule has 2 nitrogen and oxygen atoms in total. The fourth-order valence-electron chi connectivity index (χ4n) is 1.72. The predicted octanol–water partition coefficient (Wildman–Crippen LogP) is 3.67. The second-order valence-corrected chi connectivity index (χ2v) is 5.58. The quantitative estimate of drug-likeness (QED) is 0.752. The van der Waals surface area contributed by atoms with Crippen LogP contribution in [-0.4, -0.2) is 13.2 Å². The predicted molar refractivity (Wildman–Crippen MR) is 73.3 cm³/mol. The van der Waals surface area contributed by atoms with Crippen LogP contribution in [0.4, 0.5) is 4.39 Å². The Hall–Kier alpha value is -1.09. The van der Waals surface area contributed by atoms with Crippen LogP contribution in [0.1, 0.15) is 38.7 Å². The normalized spacial score (nSPS) is 11.6. The van der Waals surface area contributed by atoms with Crippen molar-refractivity contribution in [3.63, 3.8) is 0 Å². The first-order chi connectivity index (χ1) is 8.44. The summed E-state index contributed by atoms with van der Waals surface area (Å²) in [5, 5.41) is 0. The topological polar surface area (TPSA) is 35.2 Å². The lowest BCUT2D eigenvalue weighted by atomic mass is 9.87. The van der Waals surface area contributed by atoms with Gasteiger partial charge in [0.05, 0.1) is 6.61 Å². The molecule has 102 valence electrons. The third-order valence-corrected chi connectivity index (χ3v) is 3.21. The fourth-order valence-corrected chi connectivity index (χ4v) is 1.72. The fraction of sp³-hybridized carbons (Fsp3) is 0.600. The van der Waals surface area contributed by atoms with Crippen molar-refractivity contribution < 1.29 is 9.13 Å². The van der Waals surface area contributed by atoms with Crippen molar-refractivity contribution >= 4 is 0 Å². The molecule has 1 aromatic carbocycles. The SMILES string of the molecule is Cc1ccc(F)cc1OCCCCC(C)(C)CN. The van der Waals surface area contributed by atoms with Gasteiger partial charge < -0.3 is 10.5 Å². The molecular weight excluding hydrogens is 229 g/mol. The molecule has 18 heavy (non-hydrogen) atoms. The van der Waals surface area contributed by atoms with E-state index in [0.717, 1.165) is 24.8 Å². The molecule has 3 heteroatoms. The highest BCUT2D eigenvalue weighted by Crippen LogP contribution is 2.22. The Morgan fingerprint density at radius 1 is 1.28 bits per heavy atom. The molecule has 2 N–H and O–H groups in total. The summed E-state index contributed by atoms with van der Waals surface area (Å²) < 4.78 is 18.6. The number of hydrogen-bond donors (Lipinski definition) is 1. The van der Waals surface area contributed by atoms with Crippen molar-refractivity contribution in [2.24, 2.45) is 11.1 Å². The van der Waals surface area contributed by atoms with Crippen LogP contribution in [0.25, 0.3) is 0 Å². The van der Waals surface area contributed by atoms with Gasteiger partial charge in [0.1, 0.15) is 11.6 Å². The van der Waals surface area contributed by atoms with Gasteiger partial charge in [-0.25, -0.2) is 4.39 Å². The van der Waals surface area contributed by atoms with Gasteiger partial charge in [0.2, 0.25) is 0 Å². The van der Waals surface area contributed by atoms with Gasteiger partial charge in [0.15, 0.2) is 0 Å². The van der Waals surface area contributed by atoms with Gasteiger partial charge in [-0.05, 0) is 49.8 Å². The monoisotopic (exact) mass is 253 g/mol. The molecule has 0 aliphatic rings. The van der Waals surface area contributed by atoms with E-state index in [1.807, 2.05) is 6.92 Å². The minimum atomic E-state index is -0.250. The number of halogens is 1. The van der Waals surface area contributed by atoms with E-state index in [2.05, 4.69) is 13.8 Å². The number of rotatable bonds is 7. The molecule has 0 saturated heterocycles. The third kappa shape index (κ3) is 5.05. The zero-order valence-corrected chi connectivity index (χ0v) is 11.6. The molecule has 1 aromatic rings. The molecule has 1 rings (SSSR count). The summed E-state index contributed by atoms with van der Waals surface area (Å²) in [7, 11) is 0. The summed E-state index contributed by atoms with van der Waals surface area (Å²) in [5.74, 6) is 0.396. The Morgan fingerprint density at radius 3 is 2.67 bits per heavy atom. The molecule has 0 saturated carbocycles. The lowest BCUT2D eigenvalue weighted by Crippen LogP contribution is -2.23. The maximum absolute atomic E-state index is 13.0. The smallest absolute Gasteiger partial charge is 0.126 e. The van der Waals surface area contributed by atoms with Crippen LogP contribution in [0, 0.1) is 18.2 Å². The molecule has 0 heterocycles. The van der Waals surface area contributed by atoms with Gasteiger partial charge in [-0.1, -0.05) is 19.9 Å². The zero-order valence-electron chi connectivity index (χ0n) is 11.6. The Bertz CT molecular complexity index is 377. The van der Waals surface area contributed by atoms with Crippen LogP contribution in [-0.2, 0) is 0 Å². The highest BCUT2D eigenvalue weighted by atomic mass is 19.1. The first-order valence-electron chi connectivity index (χ1n) is 6.54. The lowest BCUT2D eigenvalue weighted by molar-refractivity contribution is 0.277. The van der Waals surface area contributed by atoms with Crippen LogP contribution in [0.3, 0.4) is 0 Å². The maximum Gasteiger partial charge on any atom is 0.126 e. The van der Waals surface area contributed by atoms with E-state index in [0.29, 0.717) is 18.9 Å². The highest BCUT2D eigenvalue weighted by Gasteiger charge is 2.14. The molecule has 0 bridgehead atoms. The summed E-state index contributed by atoms with van der Waals surface area (Å²) in [6.45, 7) is 7.60. The standard InChI is InChI=1S/C15H24FNO/c1-12-6-7-13(16)10-14(12)18-9-5-4-8-15(2,3)11-17/h6-7,10H,4-5,8-9,11,17H2,1-3H3. The van der Waals surface area contributed by atoms with Gasteiger partial charge in [0, 0.05) is 6.07 Å². The molecular formula is C15H24FNO. The van der Waals surface area contributed by atoms with E-state index in [4.69, 9.17) is 10.5 Å². The molecule has 0 radical (unpaired) electrons. The van der Waals surface area contributed by atoms with Crippen LogP contribution >= 0.6 is 0 Å². The molecule has 0 aliphatic heterocycles. The molecule has 0 amide bonds. The summed E-state index contributed by atoms with van der Waals surface area (Å²) in [6, 6.07) is 4.63. The van der Waals surface area contributed by atoms with Crippen molar-refractivity contribution in [1.82, 2.24) is 0 Å². The second-order valence-electron chi connectivity index (χ2n) is 5.58. The van der Waals surface area contributed by atoms with Gasteiger partial charge >= 0.3 is 0 Å². The highest BCUT2D eigenvalue weighted by molar-refractivity contribution is 5.32. The van der Waals surface area contributed by atoms with Crippen molar-refractivity contribution in [3.8, 4) is 5.75 Å².